The fourth-order valence-corrected chi connectivity index (χ4v) is 1.38. The summed E-state index contributed by atoms with van der Waals surface area (Å²) in [6.45, 7) is 9.42. The van der Waals surface area contributed by atoms with E-state index in [1.807, 2.05) is 27.8 Å². The van der Waals surface area contributed by atoms with E-state index in [2.05, 4.69) is 17.2 Å². The Bertz CT molecular complexity index is 268. The summed E-state index contributed by atoms with van der Waals surface area (Å²) < 4.78 is 5.15. The Morgan fingerprint density at radius 1 is 1.47 bits per heavy atom. The van der Waals surface area contributed by atoms with Gasteiger partial charge in [-0.05, 0) is 27.2 Å². The van der Waals surface area contributed by atoms with Crippen molar-refractivity contribution < 1.29 is 9.53 Å². The fourth-order valence-electron chi connectivity index (χ4n) is 1.38. The zero-order valence-corrected chi connectivity index (χ0v) is 9.89. The van der Waals surface area contributed by atoms with Crippen LogP contribution in [0.2, 0.25) is 0 Å². The van der Waals surface area contributed by atoms with Crippen LogP contribution in [-0.2, 0) is 4.74 Å². The first-order valence-electron chi connectivity index (χ1n) is 5.19. The summed E-state index contributed by atoms with van der Waals surface area (Å²) in [6.07, 6.45) is 0.595. The van der Waals surface area contributed by atoms with Crippen molar-refractivity contribution in [2.45, 2.75) is 38.8 Å². The molecule has 1 saturated carbocycles. The summed E-state index contributed by atoms with van der Waals surface area (Å²) in [7, 11) is 1.84. The van der Waals surface area contributed by atoms with Gasteiger partial charge in [0.05, 0.1) is 0 Å². The van der Waals surface area contributed by atoms with Crippen molar-refractivity contribution in [1.29, 1.82) is 0 Å². The van der Waals surface area contributed by atoms with Crippen molar-refractivity contribution in [3.63, 3.8) is 0 Å². The minimum absolute atomic E-state index is 0.180. The molecule has 0 bridgehead atoms. The SMILES string of the molecule is C=C(NC)C1CC1NC(=O)OC(C)(C)C. The maximum Gasteiger partial charge on any atom is 0.407 e. The summed E-state index contributed by atoms with van der Waals surface area (Å²) in [6, 6.07) is 0.180. The summed E-state index contributed by atoms with van der Waals surface area (Å²) in [5, 5.41) is 5.81. The van der Waals surface area contributed by atoms with Crippen LogP contribution in [0.4, 0.5) is 4.79 Å². The van der Waals surface area contributed by atoms with Crippen LogP contribution < -0.4 is 10.6 Å². The normalized spacial score (nSPS) is 24.3. The molecule has 2 unspecified atom stereocenters. The lowest BCUT2D eigenvalue weighted by Crippen LogP contribution is -2.34. The number of alkyl carbamates (subject to hydrolysis) is 1. The van der Waals surface area contributed by atoms with Gasteiger partial charge in [-0.1, -0.05) is 6.58 Å². The van der Waals surface area contributed by atoms with Gasteiger partial charge in [0, 0.05) is 24.7 Å². The molecular weight excluding hydrogens is 192 g/mol. The van der Waals surface area contributed by atoms with Crippen LogP contribution >= 0.6 is 0 Å². The molecule has 0 aromatic heterocycles. The van der Waals surface area contributed by atoms with Crippen molar-refractivity contribution >= 4 is 6.09 Å². The second-order valence-corrected chi connectivity index (χ2v) is 4.87. The number of carbonyl (C=O) groups is 1. The van der Waals surface area contributed by atoms with Gasteiger partial charge in [0.1, 0.15) is 5.60 Å². The smallest absolute Gasteiger partial charge is 0.407 e. The topological polar surface area (TPSA) is 50.4 Å². The van der Waals surface area contributed by atoms with Gasteiger partial charge < -0.3 is 15.4 Å². The van der Waals surface area contributed by atoms with Crippen LogP contribution in [0.15, 0.2) is 12.3 Å². The molecule has 0 spiro atoms. The summed E-state index contributed by atoms with van der Waals surface area (Å²) >= 11 is 0. The number of amides is 1. The maximum atomic E-state index is 11.4. The highest BCUT2D eigenvalue weighted by molar-refractivity contribution is 5.68. The van der Waals surface area contributed by atoms with Crippen LogP contribution in [0, 0.1) is 5.92 Å². The van der Waals surface area contributed by atoms with E-state index in [4.69, 9.17) is 4.74 Å². The van der Waals surface area contributed by atoms with Crippen molar-refractivity contribution in [3.05, 3.63) is 12.3 Å². The first-order chi connectivity index (χ1) is 6.83. The highest BCUT2D eigenvalue weighted by Gasteiger charge is 2.40. The summed E-state index contributed by atoms with van der Waals surface area (Å²) in [4.78, 5) is 11.4. The molecule has 1 rings (SSSR count). The maximum absolute atomic E-state index is 11.4. The van der Waals surface area contributed by atoms with Gasteiger partial charge in [-0.15, -0.1) is 0 Å². The molecule has 1 fully saturated rings. The minimum atomic E-state index is -0.436. The minimum Gasteiger partial charge on any atom is -0.444 e. The van der Waals surface area contributed by atoms with E-state index in [1.54, 1.807) is 0 Å². The molecule has 86 valence electrons. The van der Waals surface area contributed by atoms with Crippen molar-refractivity contribution in [3.8, 4) is 0 Å². The van der Waals surface area contributed by atoms with Crippen molar-refractivity contribution in [1.82, 2.24) is 10.6 Å². The monoisotopic (exact) mass is 212 g/mol. The molecule has 4 heteroatoms. The summed E-state index contributed by atoms with van der Waals surface area (Å²) in [5.74, 6) is 0.350. The third-order valence-corrected chi connectivity index (χ3v) is 2.26. The Labute approximate surface area is 91.1 Å². The molecule has 15 heavy (non-hydrogen) atoms. The van der Waals surface area contributed by atoms with Gasteiger partial charge in [-0.25, -0.2) is 4.79 Å². The molecule has 0 aromatic rings. The Kier molecular flexibility index (Phi) is 3.27. The van der Waals surface area contributed by atoms with E-state index in [0.717, 1.165) is 12.1 Å². The van der Waals surface area contributed by atoms with Crippen molar-refractivity contribution in [2.24, 2.45) is 5.92 Å². The van der Waals surface area contributed by atoms with Crippen LogP contribution in [0.25, 0.3) is 0 Å². The lowest BCUT2D eigenvalue weighted by Gasteiger charge is -2.19. The Morgan fingerprint density at radius 3 is 2.53 bits per heavy atom. The van der Waals surface area contributed by atoms with Gasteiger partial charge in [0.2, 0.25) is 0 Å². The van der Waals surface area contributed by atoms with E-state index < -0.39 is 5.60 Å². The zero-order chi connectivity index (χ0) is 11.6. The first-order valence-corrected chi connectivity index (χ1v) is 5.19. The second-order valence-electron chi connectivity index (χ2n) is 4.87. The Hall–Kier alpha value is -1.19. The molecule has 0 aliphatic heterocycles. The summed E-state index contributed by atoms with van der Waals surface area (Å²) in [5.41, 5.74) is 0.533. The lowest BCUT2D eigenvalue weighted by atomic mass is 10.2. The number of rotatable bonds is 3. The van der Waals surface area contributed by atoms with Crippen LogP contribution in [0.1, 0.15) is 27.2 Å². The van der Waals surface area contributed by atoms with Crippen LogP contribution in [0.3, 0.4) is 0 Å². The highest BCUT2D eigenvalue weighted by atomic mass is 16.6. The average Bonchev–Trinajstić information content (AvgIpc) is 2.79. The van der Waals surface area contributed by atoms with Crippen LogP contribution in [0.5, 0.6) is 0 Å². The van der Waals surface area contributed by atoms with E-state index in [-0.39, 0.29) is 12.1 Å². The molecular formula is C11H20N2O2. The molecule has 0 saturated heterocycles. The van der Waals surface area contributed by atoms with E-state index >= 15 is 0 Å². The van der Waals surface area contributed by atoms with Gasteiger partial charge >= 0.3 is 6.09 Å². The number of hydrogen-bond donors (Lipinski definition) is 2. The predicted molar refractivity (Wildman–Crippen MR) is 59.5 cm³/mol. The number of ether oxygens (including phenoxy) is 1. The number of nitrogens with one attached hydrogen (secondary N) is 2. The fraction of sp³-hybridized carbons (Fsp3) is 0.727. The number of hydrogen-bond acceptors (Lipinski definition) is 3. The molecule has 1 aliphatic rings. The van der Waals surface area contributed by atoms with E-state index in [1.165, 1.54) is 0 Å². The predicted octanol–water partition coefficient (Wildman–Crippen LogP) is 1.63. The highest BCUT2D eigenvalue weighted by Crippen LogP contribution is 2.35. The lowest BCUT2D eigenvalue weighted by molar-refractivity contribution is 0.0522. The van der Waals surface area contributed by atoms with Crippen LogP contribution in [-0.4, -0.2) is 24.8 Å². The molecule has 0 heterocycles. The van der Waals surface area contributed by atoms with E-state index in [0.29, 0.717) is 5.92 Å². The molecule has 0 aromatic carbocycles. The molecule has 1 amide bonds. The van der Waals surface area contributed by atoms with Gasteiger partial charge in [0.25, 0.3) is 0 Å². The molecule has 1 aliphatic carbocycles. The largest absolute Gasteiger partial charge is 0.444 e. The Balaban J connectivity index is 2.28. The Morgan fingerprint density at radius 2 is 2.07 bits per heavy atom. The van der Waals surface area contributed by atoms with Gasteiger partial charge in [-0.2, -0.15) is 0 Å². The third-order valence-electron chi connectivity index (χ3n) is 2.26. The van der Waals surface area contributed by atoms with E-state index in [9.17, 15) is 4.79 Å². The average molecular weight is 212 g/mol. The quantitative estimate of drug-likeness (QED) is 0.747. The molecule has 4 nitrogen and oxygen atoms in total. The zero-order valence-electron chi connectivity index (χ0n) is 9.89. The molecule has 2 atom stereocenters. The second kappa shape index (κ2) is 4.13. The standard InChI is InChI=1S/C11H20N2O2/c1-7(12-5)8-6-9(8)13-10(14)15-11(2,3)4/h8-9,12H,1,6H2,2-5H3,(H,13,14). The first kappa shape index (κ1) is 11.9. The van der Waals surface area contributed by atoms with Gasteiger partial charge in [-0.3, -0.25) is 0 Å². The number of carbonyl (C=O) groups excluding carboxylic acids is 1. The molecule has 0 radical (unpaired) electrons. The molecule has 2 N–H and O–H groups in total. The third kappa shape index (κ3) is 3.81. The van der Waals surface area contributed by atoms with Gasteiger partial charge in [0.15, 0.2) is 0 Å². The van der Waals surface area contributed by atoms with Crippen molar-refractivity contribution in [2.75, 3.05) is 7.05 Å².